The smallest absolute Gasteiger partial charge is 0.352 e. The van der Waals surface area contributed by atoms with Crippen molar-refractivity contribution in [1.29, 1.82) is 0 Å². The molecule has 0 aliphatic rings. The van der Waals surface area contributed by atoms with E-state index in [-0.39, 0.29) is 12.1 Å². The molecule has 0 unspecified atom stereocenters. The van der Waals surface area contributed by atoms with Crippen LogP contribution in [-0.2, 0) is 12.7 Å². The summed E-state index contributed by atoms with van der Waals surface area (Å²) >= 11 is 0. The maximum Gasteiger partial charge on any atom is 0.417 e. The Morgan fingerprint density at radius 3 is 2.60 bits per heavy atom. The third kappa shape index (κ3) is 3.81. The number of alkyl halides is 3. The van der Waals surface area contributed by atoms with E-state index in [1.807, 2.05) is 28.8 Å². The molecule has 0 saturated heterocycles. The predicted octanol–water partition coefficient (Wildman–Crippen LogP) is 3.88. The van der Waals surface area contributed by atoms with Crippen LogP contribution in [0.2, 0.25) is 0 Å². The fourth-order valence-electron chi connectivity index (χ4n) is 2.66. The fraction of sp³-hybridized carbons (Fsp3) is 0.222. The molecular formula is C18H16F3N3O. The number of fused-ring (bicyclic) bond motifs is 1. The van der Waals surface area contributed by atoms with Gasteiger partial charge in [0.1, 0.15) is 0 Å². The number of nitrogens with zero attached hydrogens (tertiary/aromatic N) is 2. The molecule has 0 fully saturated rings. The molecule has 1 heterocycles. The highest BCUT2D eigenvalue weighted by Gasteiger charge is 2.34. The molecule has 4 nitrogen and oxygen atoms in total. The van der Waals surface area contributed by atoms with Crippen molar-refractivity contribution in [2.45, 2.75) is 19.1 Å². The van der Waals surface area contributed by atoms with Crippen LogP contribution in [0.3, 0.4) is 0 Å². The first kappa shape index (κ1) is 17.0. The number of hydrogen-bond donors (Lipinski definition) is 1. The molecule has 3 rings (SSSR count). The normalized spacial score (nSPS) is 11.6. The predicted molar refractivity (Wildman–Crippen MR) is 88.1 cm³/mol. The van der Waals surface area contributed by atoms with Crippen LogP contribution in [0, 0.1) is 0 Å². The molecule has 0 saturated carbocycles. The van der Waals surface area contributed by atoms with Crippen LogP contribution in [0.4, 0.5) is 13.2 Å². The highest BCUT2D eigenvalue weighted by Crippen LogP contribution is 2.31. The van der Waals surface area contributed by atoms with E-state index in [4.69, 9.17) is 0 Å². The molecule has 0 spiro atoms. The molecule has 0 aliphatic carbocycles. The van der Waals surface area contributed by atoms with Crippen LogP contribution in [0.25, 0.3) is 11.0 Å². The summed E-state index contributed by atoms with van der Waals surface area (Å²) in [6, 6.07) is 12.4. The van der Waals surface area contributed by atoms with Gasteiger partial charge in [0.2, 0.25) is 0 Å². The Hall–Kier alpha value is -2.83. The number of imidazole rings is 1. The lowest BCUT2D eigenvalue weighted by molar-refractivity contribution is -0.137. The van der Waals surface area contributed by atoms with Crippen molar-refractivity contribution in [3.63, 3.8) is 0 Å². The molecule has 1 aromatic heterocycles. The van der Waals surface area contributed by atoms with Gasteiger partial charge in [-0.2, -0.15) is 13.2 Å². The molecule has 0 radical (unpaired) electrons. The van der Waals surface area contributed by atoms with Gasteiger partial charge < -0.3 is 9.88 Å². The number of amides is 1. The largest absolute Gasteiger partial charge is 0.417 e. The van der Waals surface area contributed by atoms with E-state index in [2.05, 4.69) is 10.3 Å². The summed E-state index contributed by atoms with van der Waals surface area (Å²) in [4.78, 5) is 16.3. The summed E-state index contributed by atoms with van der Waals surface area (Å²) in [6.07, 6.45) is -2.25. The van der Waals surface area contributed by atoms with Crippen LogP contribution in [0.1, 0.15) is 22.3 Å². The molecule has 0 aliphatic heterocycles. The average molecular weight is 347 g/mol. The minimum atomic E-state index is -4.55. The quantitative estimate of drug-likeness (QED) is 0.712. The van der Waals surface area contributed by atoms with Gasteiger partial charge in [0.05, 0.1) is 28.5 Å². The highest BCUT2D eigenvalue weighted by atomic mass is 19.4. The molecule has 0 bridgehead atoms. The first-order valence-electron chi connectivity index (χ1n) is 7.81. The highest BCUT2D eigenvalue weighted by molar-refractivity contribution is 5.95. The Morgan fingerprint density at radius 2 is 1.80 bits per heavy atom. The lowest BCUT2D eigenvalue weighted by Crippen LogP contribution is -2.27. The van der Waals surface area contributed by atoms with Gasteiger partial charge in [0.15, 0.2) is 0 Å². The van der Waals surface area contributed by atoms with E-state index in [9.17, 15) is 18.0 Å². The van der Waals surface area contributed by atoms with Crippen molar-refractivity contribution in [1.82, 2.24) is 14.9 Å². The Bertz CT molecular complexity index is 886. The molecule has 1 N–H and O–H groups in total. The van der Waals surface area contributed by atoms with Gasteiger partial charge >= 0.3 is 6.18 Å². The average Bonchev–Trinajstić information content (AvgIpc) is 3.01. The van der Waals surface area contributed by atoms with Gasteiger partial charge in [0.25, 0.3) is 5.91 Å². The minimum Gasteiger partial charge on any atom is -0.352 e. The number of carbonyl (C=O) groups excluding carboxylic acids is 1. The third-order valence-corrected chi connectivity index (χ3v) is 3.87. The summed E-state index contributed by atoms with van der Waals surface area (Å²) in [5.41, 5.74) is 0.582. The minimum absolute atomic E-state index is 0.275. The monoisotopic (exact) mass is 347 g/mol. The molecular weight excluding hydrogens is 331 g/mol. The number of hydrogen-bond acceptors (Lipinski definition) is 2. The Kier molecular flexibility index (Phi) is 4.74. The standard InChI is InChI=1S/C18H16F3N3O/c19-18(20,21)14-7-2-1-6-13(14)17(25)22-10-5-11-24-12-23-15-8-3-4-9-16(15)24/h1-4,6-9,12H,5,10-11H2,(H,22,25). The fourth-order valence-corrected chi connectivity index (χ4v) is 2.66. The van der Waals surface area contributed by atoms with Crippen LogP contribution in [0.5, 0.6) is 0 Å². The summed E-state index contributed by atoms with van der Waals surface area (Å²) in [6.45, 7) is 0.888. The lowest BCUT2D eigenvalue weighted by atomic mass is 10.1. The second-order valence-corrected chi connectivity index (χ2v) is 5.58. The van der Waals surface area contributed by atoms with Gasteiger partial charge in [-0.25, -0.2) is 4.98 Å². The summed E-state index contributed by atoms with van der Waals surface area (Å²) in [7, 11) is 0. The Morgan fingerprint density at radius 1 is 1.08 bits per heavy atom. The van der Waals surface area contributed by atoms with Crippen LogP contribution >= 0.6 is 0 Å². The topological polar surface area (TPSA) is 46.9 Å². The number of aromatic nitrogens is 2. The van der Waals surface area contributed by atoms with E-state index >= 15 is 0 Å². The van der Waals surface area contributed by atoms with Crippen molar-refractivity contribution in [3.05, 3.63) is 66.0 Å². The van der Waals surface area contributed by atoms with Gasteiger partial charge in [0, 0.05) is 13.1 Å². The number of nitrogens with one attached hydrogen (secondary N) is 1. The van der Waals surface area contributed by atoms with Crippen molar-refractivity contribution in [3.8, 4) is 0 Å². The number of carbonyl (C=O) groups is 1. The molecule has 130 valence electrons. The molecule has 25 heavy (non-hydrogen) atoms. The second kappa shape index (κ2) is 6.96. The third-order valence-electron chi connectivity index (χ3n) is 3.87. The van der Waals surface area contributed by atoms with Crippen molar-refractivity contribution in [2.75, 3.05) is 6.54 Å². The zero-order chi connectivity index (χ0) is 17.9. The van der Waals surface area contributed by atoms with Gasteiger partial charge in [-0.3, -0.25) is 4.79 Å². The zero-order valence-electron chi connectivity index (χ0n) is 13.3. The molecule has 3 aromatic rings. The van der Waals surface area contributed by atoms with E-state index in [0.29, 0.717) is 13.0 Å². The van der Waals surface area contributed by atoms with Crippen LogP contribution in [-0.4, -0.2) is 22.0 Å². The lowest BCUT2D eigenvalue weighted by Gasteiger charge is -2.12. The summed E-state index contributed by atoms with van der Waals surface area (Å²) in [5.74, 6) is -0.719. The van der Waals surface area contributed by atoms with E-state index in [1.165, 1.54) is 18.2 Å². The SMILES string of the molecule is O=C(NCCCn1cnc2ccccc21)c1ccccc1C(F)(F)F. The van der Waals surface area contributed by atoms with Crippen molar-refractivity contribution < 1.29 is 18.0 Å². The van der Waals surface area contributed by atoms with E-state index in [0.717, 1.165) is 17.1 Å². The number of para-hydroxylation sites is 2. The number of benzene rings is 2. The molecule has 0 atom stereocenters. The molecule has 1 amide bonds. The van der Waals surface area contributed by atoms with Gasteiger partial charge in [-0.15, -0.1) is 0 Å². The second-order valence-electron chi connectivity index (χ2n) is 5.58. The maximum atomic E-state index is 12.9. The molecule has 7 heteroatoms. The number of halogens is 3. The summed E-state index contributed by atoms with van der Waals surface area (Å²) in [5, 5.41) is 2.55. The van der Waals surface area contributed by atoms with Crippen LogP contribution in [0.15, 0.2) is 54.9 Å². The Balaban J connectivity index is 1.59. The first-order valence-corrected chi connectivity index (χ1v) is 7.81. The summed E-state index contributed by atoms with van der Waals surface area (Å²) < 4.78 is 40.8. The maximum absolute atomic E-state index is 12.9. The van der Waals surface area contributed by atoms with Gasteiger partial charge in [-0.05, 0) is 30.7 Å². The van der Waals surface area contributed by atoms with E-state index < -0.39 is 17.6 Å². The zero-order valence-corrected chi connectivity index (χ0v) is 13.3. The molecule has 2 aromatic carbocycles. The van der Waals surface area contributed by atoms with Crippen molar-refractivity contribution >= 4 is 16.9 Å². The number of aryl methyl sites for hydroxylation is 1. The van der Waals surface area contributed by atoms with Crippen molar-refractivity contribution in [2.24, 2.45) is 0 Å². The Labute approximate surface area is 142 Å². The van der Waals surface area contributed by atoms with Crippen LogP contribution < -0.4 is 5.32 Å². The first-order chi connectivity index (χ1) is 12.0. The van der Waals surface area contributed by atoms with Gasteiger partial charge in [-0.1, -0.05) is 24.3 Å². The number of rotatable bonds is 5. The van der Waals surface area contributed by atoms with E-state index in [1.54, 1.807) is 6.33 Å².